The molecule has 1 atom stereocenters. The Bertz CT molecular complexity index is 1100. The molecule has 3 aromatic heterocycles. The van der Waals surface area contributed by atoms with Crippen LogP contribution in [-0.4, -0.2) is 44.6 Å². The van der Waals surface area contributed by atoms with Crippen LogP contribution < -0.4 is 10.6 Å². The summed E-state index contributed by atoms with van der Waals surface area (Å²) >= 11 is 2.93. The van der Waals surface area contributed by atoms with Crippen LogP contribution in [0, 0.1) is 6.92 Å². The number of carbonyl (C=O) groups excluding carboxylic acids is 2. The number of esters is 1. The van der Waals surface area contributed by atoms with Gasteiger partial charge < -0.3 is 19.8 Å². The normalized spacial score (nSPS) is 16.2. The van der Waals surface area contributed by atoms with E-state index in [2.05, 4.69) is 26.2 Å². The molecular formula is C19H20N6O4S2. The summed E-state index contributed by atoms with van der Waals surface area (Å²) in [5.74, 6) is 0.876. The van der Waals surface area contributed by atoms with E-state index < -0.39 is 18.0 Å². The SMILES string of the molecule is CCOC(=O)C1=C(CSc2nnnn2Cc2cccs2)NC(=O)NC1c1ccc(C)o1. The summed E-state index contributed by atoms with van der Waals surface area (Å²) in [6.07, 6.45) is 0. The summed E-state index contributed by atoms with van der Waals surface area (Å²) in [5.41, 5.74) is 0.720. The Morgan fingerprint density at radius 3 is 2.97 bits per heavy atom. The van der Waals surface area contributed by atoms with Gasteiger partial charge in [0.05, 0.1) is 18.7 Å². The van der Waals surface area contributed by atoms with Crippen LogP contribution in [0.15, 0.2) is 50.5 Å². The number of tetrazole rings is 1. The van der Waals surface area contributed by atoms with Crippen molar-refractivity contribution in [3.05, 3.63) is 57.3 Å². The minimum absolute atomic E-state index is 0.208. The van der Waals surface area contributed by atoms with Crippen molar-refractivity contribution in [2.24, 2.45) is 0 Å². The Morgan fingerprint density at radius 2 is 2.26 bits per heavy atom. The number of hydrogen-bond donors (Lipinski definition) is 2. The Hall–Kier alpha value is -3.12. The third-order valence-corrected chi connectivity index (χ3v) is 6.27. The number of furan rings is 1. The lowest BCUT2D eigenvalue weighted by molar-refractivity contribution is -0.139. The van der Waals surface area contributed by atoms with Gasteiger partial charge in [-0.25, -0.2) is 14.3 Å². The van der Waals surface area contributed by atoms with Gasteiger partial charge in [-0.1, -0.05) is 17.8 Å². The number of rotatable bonds is 8. The molecule has 4 rings (SSSR count). The molecule has 0 saturated heterocycles. The Balaban J connectivity index is 1.61. The van der Waals surface area contributed by atoms with Gasteiger partial charge in [0.25, 0.3) is 0 Å². The number of nitrogens with one attached hydrogen (secondary N) is 2. The van der Waals surface area contributed by atoms with E-state index >= 15 is 0 Å². The molecule has 0 spiro atoms. The molecule has 4 heterocycles. The van der Waals surface area contributed by atoms with E-state index in [1.54, 1.807) is 42.0 Å². The van der Waals surface area contributed by atoms with Gasteiger partial charge in [-0.2, -0.15) is 0 Å². The average Bonchev–Trinajstić information content (AvgIpc) is 3.49. The van der Waals surface area contributed by atoms with Crippen molar-refractivity contribution in [3.63, 3.8) is 0 Å². The lowest BCUT2D eigenvalue weighted by atomic mass is 10.0. The number of thioether (sulfide) groups is 1. The zero-order chi connectivity index (χ0) is 21.8. The summed E-state index contributed by atoms with van der Waals surface area (Å²) in [6, 6.07) is 6.30. The van der Waals surface area contributed by atoms with Gasteiger partial charge in [0.2, 0.25) is 5.16 Å². The van der Waals surface area contributed by atoms with Crippen molar-refractivity contribution < 1.29 is 18.7 Å². The fourth-order valence-corrected chi connectivity index (χ4v) is 4.62. The van der Waals surface area contributed by atoms with Crippen molar-refractivity contribution in [1.29, 1.82) is 0 Å². The predicted octanol–water partition coefficient (Wildman–Crippen LogP) is 2.65. The van der Waals surface area contributed by atoms with Crippen LogP contribution in [-0.2, 0) is 16.1 Å². The lowest BCUT2D eigenvalue weighted by Crippen LogP contribution is -2.46. The summed E-state index contributed by atoms with van der Waals surface area (Å²) < 4.78 is 12.6. The van der Waals surface area contributed by atoms with Gasteiger partial charge in [0.15, 0.2) is 0 Å². The molecular weight excluding hydrogens is 440 g/mol. The van der Waals surface area contributed by atoms with Crippen molar-refractivity contribution >= 4 is 35.1 Å². The molecule has 1 unspecified atom stereocenters. The molecule has 0 aliphatic carbocycles. The highest BCUT2D eigenvalue weighted by Crippen LogP contribution is 2.31. The van der Waals surface area contributed by atoms with Crippen LogP contribution in [0.5, 0.6) is 0 Å². The maximum absolute atomic E-state index is 12.8. The Labute approximate surface area is 186 Å². The number of aryl methyl sites for hydroxylation is 1. The molecule has 2 N–H and O–H groups in total. The predicted molar refractivity (Wildman–Crippen MR) is 113 cm³/mol. The van der Waals surface area contributed by atoms with Crippen LogP contribution in [0.4, 0.5) is 4.79 Å². The van der Waals surface area contributed by atoms with E-state index in [-0.39, 0.29) is 12.4 Å². The Kier molecular flexibility index (Phi) is 6.37. The van der Waals surface area contributed by atoms with E-state index in [1.807, 2.05) is 17.5 Å². The zero-order valence-corrected chi connectivity index (χ0v) is 18.5. The second-order valence-corrected chi connectivity index (χ2v) is 8.55. The third kappa shape index (κ3) is 4.80. The molecule has 12 heteroatoms. The number of amides is 2. The monoisotopic (exact) mass is 460 g/mol. The topological polar surface area (TPSA) is 124 Å². The minimum Gasteiger partial charge on any atom is -0.464 e. The third-order valence-electron chi connectivity index (χ3n) is 4.43. The molecule has 31 heavy (non-hydrogen) atoms. The molecule has 162 valence electrons. The van der Waals surface area contributed by atoms with E-state index in [1.165, 1.54) is 11.8 Å². The first-order valence-electron chi connectivity index (χ1n) is 9.50. The van der Waals surface area contributed by atoms with Crippen molar-refractivity contribution in [1.82, 2.24) is 30.8 Å². The molecule has 0 aromatic carbocycles. The Morgan fingerprint density at radius 1 is 1.39 bits per heavy atom. The summed E-state index contributed by atoms with van der Waals surface area (Å²) in [5, 5.41) is 19.9. The second-order valence-electron chi connectivity index (χ2n) is 6.58. The van der Waals surface area contributed by atoms with E-state index in [9.17, 15) is 9.59 Å². The highest BCUT2D eigenvalue weighted by molar-refractivity contribution is 7.99. The largest absolute Gasteiger partial charge is 0.464 e. The fourth-order valence-electron chi connectivity index (χ4n) is 3.09. The number of hydrogen-bond acceptors (Lipinski definition) is 9. The van der Waals surface area contributed by atoms with Crippen LogP contribution in [0.25, 0.3) is 0 Å². The molecule has 2 amide bonds. The first-order chi connectivity index (χ1) is 15.0. The maximum Gasteiger partial charge on any atom is 0.338 e. The van der Waals surface area contributed by atoms with Gasteiger partial charge in [-0.3, -0.25) is 0 Å². The summed E-state index contributed by atoms with van der Waals surface area (Å²) in [4.78, 5) is 26.2. The molecule has 1 aliphatic rings. The molecule has 0 saturated carbocycles. The number of carbonyl (C=O) groups is 2. The van der Waals surface area contributed by atoms with E-state index in [4.69, 9.17) is 9.15 Å². The first kappa shape index (κ1) is 21.1. The van der Waals surface area contributed by atoms with Gasteiger partial charge >= 0.3 is 12.0 Å². The zero-order valence-electron chi connectivity index (χ0n) is 16.8. The highest BCUT2D eigenvalue weighted by Gasteiger charge is 2.35. The van der Waals surface area contributed by atoms with Gasteiger partial charge in [0.1, 0.15) is 17.6 Å². The van der Waals surface area contributed by atoms with Gasteiger partial charge in [-0.15, -0.1) is 16.4 Å². The lowest BCUT2D eigenvalue weighted by Gasteiger charge is -2.27. The van der Waals surface area contributed by atoms with E-state index in [0.29, 0.717) is 34.5 Å². The van der Waals surface area contributed by atoms with Crippen molar-refractivity contribution in [2.45, 2.75) is 31.6 Å². The van der Waals surface area contributed by atoms with Crippen LogP contribution in [0.1, 0.15) is 29.4 Å². The number of urea groups is 1. The van der Waals surface area contributed by atoms with Crippen LogP contribution in [0.2, 0.25) is 0 Å². The fraction of sp³-hybridized carbons (Fsp3) is 0.316. The smallest absolute Gasteiger partial charge is 0.338 e. The molecule has 10 nitrogen and oxygen atoms in total. The summed E-state index contributed by atoms with van der Waals surface area (Å²) in [7, 11) is 0. The molecule has 0 radical (unpaired) electrons. The first-order valence-corrected chi connectivity index (χ1v) is 11.4. The molecule has 1 aliphatic heterocycles. The van der Waals surface area contributed by atoms with Crippen molar-refractivity contribution in [2.75, 3.05) is 12.4 Å². The molecule has 0 fully saturated rings. The highest BCUT2D eigenvalue weighted by atomic mass is 32.2. The minimum atomic E-state index is -0.751. The number of thiophene rings is 1. The standard InChI is InChI=1S/C19H20N6O4S2/c1-3-28-17(26)15-13(20-18(27)21-16(15)14-7-6-11(2)29-14)10-31-19-22-23-24-25(19)9-12-5-4-8-30-12/h4-8,16H,3,9-10H2,1-2H3,(H2,20,21,27). The quantitative estimate of drug-likeness (QED) is 0.388. The van der Waals surface area contributed by atoms with Gasteiger partial charge in [-0.05, 0) is 47.9 Å². The number of aromatic nitrogens is 4. The maximum atomic E-state index is 12.8. The number of ether oxygens (including phenoxy) is 1. The van der Waals surface area contributed by atoms with Gasteiger partial charge in [0, 0.05) is 16.3 Å². The molecule has 0 bridgehead atoms. The van der Waals surface area contributed by atoms with Crippen molar-refractivity contribution in [3.8, 4) is 0 Å². The second kappa shape index (κ2) is 9.35. The summed E-state index contributed by atoms with van der Waals surface area (Å²) in [6.45, 7) is 4.27. The van der Waals surface area contributed by atoms with Crippen LogP contribution in [0.3, 0.4) is 0 Å². The van der Waals surface area contributed by atoms with Crippen LogP contribution >= 0.6 is 23.1 Å². The average molecular weight is 461 g/mol. The molecule has 3 aromatic rings. The van der Waals surface area contributed by atoms with E-state index in [0.717, 1.165) is 4.88 Å². The number of nitrogens with zero attached hydrogens (tertiary/aromatic N) is 4.